The van der Waals surface area contributed by atoms with Crippen LogP contribution in [-0.4, -0.2) is 12.3 Å². The number of ether oxygens (including phenoxy) is 1. The van der Waals surface area contributed by atoms with Crippen molar-refractivity contribution in [1.82, 2.24) is 0 Å². The van der Waals surface area contributed by atoms with Gasteiger partial charge in [0.2, 0.25) is 0 Å². The van der Waals surface area contributed by atoms with Crippen molar-refractivity contribution < 1.29 is 17.9 Å². The second-order valence-electron chi connectivity index (χ2n) is 3.60. The van der Waals surface area contributed by atoms with E-state index in [1.807, 2.05) is 13.8 Å². The summed E-state index contributed by atoms with van der Waals surface area (Å²) in [5.74, 6) is -1.25. The van der Waals surface area contributed by atoms with Gasteiger partial charge in [0.1, 0.15) is 0 Å². The zero-order valence-electron chi connectivity index (χ0n) is 9.93. The second-order valence-corrected chi connectivity index (χ2v) is 3.60. The molecule has 0 amide bonds. The van der Waals surface area contributed by atoms with Crippen LogP contribution < -0.4 is 4.74 Å². The Labute approximate surface area is 98.1 Å². The number of nitrogens with zero attached hydrogens (tertiary/aromatic N) is 1. The highest BCUT2D eigenvalue weighted by atomic mass is 19.3. The van der Waals surface area contributed by atoms with E-state index in [-0.39, 0.29) is 5.56 Å². The largest absolute Gasteiger partial charge is 0.432 e. The number of halogens is 3. The van der Waals surface area contributed by atoms with Crippen molar-refractivity contribution in [2.75, 3.05) is 0 Å². The monoisotopic (exact) mass is 245 g/mol. The Morgan fingerprint density at radius 1 is 1.41 bits per heavy atom. The van der Waals surface area contributed by atoms with Gasteiger partial charge in [-0.15, -0.1) is 0 Å². The standard InChI is InChI=1S/C12H14F3NO/c1-4-7(2)16-9-5-6-10(17-12(14)15)11(13)8(9)3/h5-6,12H,4H2,1-3H3. The quantitative estimate of drug-likeness (QED) is 0.727. The molecule has 5 heteroatoms. The lowest BCUT2D eigenvalue weighted by molar-refractivity contribution is -0.0522. The Balaban J connectivity index is 3.10. The molecule has 0 saturated heterocycles. The second kappa shape index (κ2) is 5.70. The van der Waals surface area contributed by atoms with Crippen molar-refractivity contribution in [1.29, 1.82) is 0 Å². The molecule has 0 aliphatic carbocycles. The van der Waals surface area contributed by atoms with E-state index in [9.17, 15) is 13.2 Å². The SMILES string of the molecule is CCC(C)=Nc1ccc(OC(F)F)c(F)c1C. The van der Waals surface area contributed by atoms with E-state index < -0.39 is 18.2 Å². The molecule has 0 unspecified atom stereocenters. The molecule has 0 atom stereocenters. The summed E-state index contributed by atoms with van der Waals surface area (Å²) in [7, 11) is 0. The third kappa shape index (κ3) is 3.47. The van der Waals surface area contributed by atoms with Crippen LogP contribution in [-0.2, 0) is 0 Å². The van der Waals surface area contributed by atoms with Gasteiger partial charge in [-0.1, -0.05) is 6.92 Å². The number of hydrogen-bond donors (Lipinski definition) is 0. The Morgan fingerprint density at radius 2 is 2.06 bits per heavy atom. The maximum absolute atomic E-state index is 13.6. The smallest absolute Gasteiger partial charge is 0.387 e. The van der Waals surface area contributed by atoms with Crippen molar-refractivity contribution in [3.63, 3.8) is 0 Å². The number of aliphatic imine (C=N–C) groups is 1. The molecule has 2 nitrogen and oxygen atoms in total. The summed E-state index contributed by atoms with van der Waals surface area (Å²) in [6, 6.07) is 2.63. The van der Waals surface area contributed by atoms with E-state index in [1.165, 1.54) is 13.0 Å². The fraction of sp³-hybridized carbons (Fsp3) is 0.417. The molecule has 0 N–H and O–H groups in total. The molecule has 17 heavy (non-hydrogen) atoms. The maximum Gasteiger partial charge on any atom is 0.387 e. The van der Waals surface area contributed by atoms with Crippen molar-refractivity contribution in [3.05, 3.63) is 23.5 Å². The van der Waals surface area contributed by atoms with E-state index in [0.717, 1.165) is 18.2 Å². The van der Waals surface area contributed by atoms with E-state index in [0.29, 0.717) is 5.69 Å². The van der Waals surface area contributed by atoms with E-state index in [2.05, 4.69) is 9.73 Å². The summed E-state index contributed by atoms with van der Waals surface area (Å²) in [6.45, 7) is 2.20. The highest BCUT2D eigenvalue weighted by molar-refractivity contribution is 5.84. The van der Waals surface area contributed by atoms with Crippen LogP contribution in [0.4, 0.5) is 18.9 Å². The molecule has 1 aromatic carbocycles. The topological polar surface area (TPSA) is 21.6 Å². The van der Waals surface area contributed by atoms with Gasteiger partial charge in [0.05, 0.1) is 5.69 Å². The molecule has 0 bridgehead atoms. The molecule has 1 rings (SSSR count). The Kier molecular flexibility index (Phi) is 4.54. The van der Waals surface area contributed by atoms with Crippen LogP contribution in [0.2, 0.25) is 0 Å². The molecule has 0 saturated carbocycles. The Morgan fingerprint density at radius 3 is 2.59 bits per heavy atom. The molecule has 0 aromatic heterocycles. The highest BCUT2D eigenvalue weighted by Crippen LogP contribution is 2.29. The lowest BCUT2D eigenvalue weighted by Crippen LogP contribution is -2.04. The maximum atomic E-state index is 13.6. The van der Waals surface area contributed by atoms with Gasteiger partial charge < -0.3 is 4.74 Å². The van der Waals surface area contributed by atoms with Crippen LogP contribution >= 0.6 is 0 Å². The average molecular weight is 245 g/mol. The molecule has 0 radical (unpaired) electrons. The minimum Gasteiger partial charge on any atom is -0.432 e. The van der Waals surface area contributed by atoms with Gasteiger partial charge >= 0.3 is 6.61 Å². The molecule has 0 fully saturated rings. The summed E-state index contributed by atoms with van der Waals surface area (Å²) < 4.78 is 41.7. The molecule has 0 heterocycles. The van der Waals surface area contributed by atoms with Gasteiger partial charge in [-0.05, 0) is 32.4 Å². The van der Waals surface area contributed by atoms with Crippen LogP contribution in [0.15, 0.2) is 17.1 Å². The summed E-state index contributed by atoms with van der Waals surface area (Å²) >= 11 is 0. The zero-order valence-corrected chi connectivity index (χ0v) is 9.93. The summed E-state index contributed by atoms with van der Waals surface area (Å²) in [4.78, 5) is 4.19. The molecule has 0 aliphatic heterocycles. The van der Waals surface area contributed by atoms with Crippen molar-refractivity contribution >= 4 is 11.4 Å². The van der Waals surface area contributed by atoms with Gasteiger partial charge in [-0.25, -0.2) is 4.39 Å². The summed E-state index contributed by atoms with van der Waals surface area (Å²) in [5, 5.41) is 0. The Hall–Kier alpha value is -1.52. The Bertz CT molecular complexity index is 430. The fourth-order valence-corrected chi connectivity index (χ4v) is 1.24. The third-order valence-electron chi connectivity index (χ3n) is 2.36. The van der Waals surface area contributed by atoms with Gasteiger partial charge in [0, 0.05) is 11.3 Å². The lowest BCUT2D eigenvalue weighted by atomic mass is 10.1. The van der Waals surface area contributed by atoms with E-state index >= 15 is 0 Å². The highest BCUT2D eigenvalue weighted by Gasteiger charge is 2.14. The minimum atomic E-state index is -3.03. The first-order chi connectivity index (χ1) is 7.95. The van der Waals surface area contributed by atoms with Gasteiger partial charge in [0.25, 0.3) is 0 Å². The molecule has 1 aromatic rings. The van der Waals surface area contributed by atoms with Crippen molar-refractivity contribution in [3.8, 4) is 5.75 Å². The normalized spacial score (nSPS) is 12.1. The van der Waals surface area contributed by atoms with Crippen molar-refractivity contribution in [2.45, 2.75) is 33.8 Å². The first kappa shape index (κ1) is 13.5. The van der Waals surface area contributed by atoms with Gasteiger partial charge in [0.15, 0.2) is 11.6 Å². The minimum absolute atomic E-state index is 0.205. The molecular formula is C12H14F3NO. The van der Waals surface area contributed by atoms with Crippen LogP contribution in [0.3, 0.4) is 0 Å². The van der Waals surface area contributed by atoms with Gasteiger partial charge in [-0.2, -0.15) is 8.78 Å². The number of rotatable bonds is 4. The molecular weight excluding hydrogens is 231 g/mol. The third-order valence-corrected chi connectivity index (χ3v) is 2.36. The van der Waals surface area contributed by atoms with Gasteiger partial charge in [-0.3, -0.25) is 4.99 Å². The zero-order chi connectivity index (χ0) is 13.0. The van der Waals surface area contributed by atoms with Crippen LogP contribution in [0.25, 0.3) is 0 Å². The molecule has 94 valence electrons. The van der Waals surface area contributed by atoms with Crippen molar-refractivity contribution in [2.24, 2.45) is 4.99 Å². The fourth-order valence-electron chi connectivity index (χ4n) is 1.24. The van der Waals surface area contributed by atoms with E-state index in [4.69, 9.17) is 0 Å². The number of alkyl halides is 2. The predicted octanol–water partition coefficient (Wildman–Crippen LogP) is 4.24. The first-order valence-electron chi connectivity index (χ1n) is 5.23. The number of hydrogen-bond acceptors (Lipinski definition) is 2. The first-order valence-corrected chi connectivity index (χ1v) is 5.23. The lowest BCUT2D eigenvalue weighted by Gasteiger charge is -2.09. The molecule has 0 spiro atoms. The average Bonchev–Trinajstić information content (AvgIpc) is 2.28. The van der Waals surface area contributed by atoms with Crippen LogP contribution in [0.1, 0.15) is 25.8 Å². The van der Waals surface area contributed by atoms with Crippen LogP contribution in [0.5, 0.6) is 5.75 Å². The number of benzene rings is 1. The van der Waals surface area contributed by atoms with E-state index in [1.54, 1.807) is 0 Å². The molecule has 0 aliphatic rings. The van der Waals surface area contributed by atoms with Crippen LogP contribution in [0, 0.1) is 12.7 Å². The predicted molar refractivity (Wildman–Crippen MR) is 60.8 cm³/mol. The summed E-state index contributed by atoms with van der Waals surface area (Å²) in [5.41, 5.74) is 1.48. The summed E-state index contributed by atoms with van der Waals surface area (Å²) in [6.07, 6.45) is 0.746.